The summed E-state index contributed by atoms with van der Waals surface area (Å²) in [5, 5.41) is 9.37. The molecule has 138 valence electrons. The van der Waals surface area contributed by atoms with Crippen LogP contribution in [-0.4, -0.2) is 35.6 Å². The summed E-state index contributed by atoms with van der Waals surface area (Å²) in [6, 6.07) is 5.25. The molecule has 27 heavy (non-hydrogen) atoms. The quantitative estimate of drug-likeness (QED) is 0.530. The molecule has 0 N–H and O–H groups in total. The lowest BCUT2D eigenvalue weighted by atomic mass is 9.99. The first kappa shape index (κ1) is 16.5. The van der Waals surface area contributed by atoms with E-state index in [1.54, 1.807) is 41.0 Å². The first-order valence-corrected chi connectivity index (χ1v) is 9.08. The van der Waals surface area contributed by atoms with Crippen LogP contribution in [0, 0.1) is 0 Å². The maximum absolute atomic E-state index is 12.9. The van der Waals surface area contributed by atoms with E-state index in [4.69, 9.17) is 16.3 Å². The van der Waals surface area contributed by atoms with Crippen LogP contribution in [0.3, 0.4) is 0 Å². The number of aryl methyl sites for hydroxylation is 1. The van der Waals surface area contributed by atoms with Crippen molar-refractivity contribution < 1.29 is 4.74 Å². The van der Waals surface area contributed by atoms with E-state index < -0.39 is 5.60 Å². The molecule has 3 aromatic heterocycles. The van der Waals surface area contributed by atoms with Crippen molar-refractivity contribution in [1.82, 2.24) is 28.9 Å². The molecule has 9 heteroatoms. The Morgan fingerprint density at radius 1 is 1.33 bits per heavy atom. The minimum atomic E-state index is -0.470. The average Bonchev–Trinajstić information content (AvgIpc) is 3.38. The third-order valence-corrected chi connectivity index (χ3v) is 5.54. The van der Waals surface area contributed by atoms with Gasteiger partial charge < -0.3 is 4.74 Å². The summed E-state index contributed by atoms with van der Waals surface area (Å²) >= 11 is 6.08. The molecule has 1 atom stereocenters. The van der Waals surface area contributed by atoms with Crippen molar-refractivity contribution in [3.8, 4) is 5.82 Å². The molecule has 8 nitrogen and oxygen atoms in total. The van der Waals surface area contributed by atoms with Crippen LogP contribution in [-0.2, 0) is 17.4 Å². The highest BCUT2D eigenvalue weighted by molar-refractivity contribution is 6.31. The highest BCUT2D eigenvalue weighted by Gasteiger charge is 2.36. The van der Waals surface area contributed by atoms with Crippen molar-refractivity contribution in [2.45, 2.75) is 25.4 Å². The summed E-state index contributed by atoms with van der Waals surface area (Å²) in [4.78, 5) is 17.5. The molecule has 1 unspecified atom stereocenters. The summed E-state index contributed by atoms with van der Waals surface area (Å²) in [6.45, 7) is 2.74. The zero-order chi connectivity index (χ0) is 18.8. The number of nitrogens with zero attached hydrogens (tertiary/aromatic N) is 6. The molecule has 1 aliphatic rings. The van der Waals surface area contributed by atoms with Crippen LogP contribution in [0.15, 0.2) is 35.5 Å². The molecule has 4 aromatic rings. The van der Waals surface area contributed by atoms with Crippen molar-refractivity contribution >= 4 is 28.2 Å². The molecule has 0 spiro atoms. The summed E-state index contributed by atoms with van der Waals surface area (Å²) in [7, 11) is 1.72. The van der Waals surface area contributed by atoms with Crippen molar-refractivity contribution in [1.29, 1.82) is 0 Å². The van der Waals surface area contributed by atoms with Gasteiger partial charge in [0.15, 0.2) is 11.5 Å². The molecule has 0 aliphatic carbocycles. The molecule has 0 radical (unpaired) electrons. The summed E-state index contributed by atoms with van der Waals surface area (Å²) in [5.41, 5.74) is 1.57. The van der Waals surface area contributed by atoms with E-state index in [9.17, 15) is 4.79 Å². The molecule has 1 saturated heterocycles. The zero-order valence-electron chi connectivity index (χ0n) is 14.9. The standard InChI is InChI=1S/C18H17ClN6O2/c1-18(6-3-7-27-18)14-9-21-22-25(14)15-16-23(2)17(26)12-8-11(19)4-5-13(12)24(16)10-20-15/h4-5,8-10H,3,6-7H2,1-2H3. The zero-order valence-corrected chi connectivity index (χ0v) is 15.6. The van der Waals surface area contributed by atoms with E-state index in [-0.39, 0.29) is 5.56 Å². The molecule has 0 bridgehead atoms. The van der Waals surface area contributed by atoms with E-state index in [1.807, 2.05) is 17.4 Å². The van der Waals surface area contributed by atoms with E-state index in [0.29, 0.717) is 28.5 Å². The van der Waals surface area contributed by atoms with Crippen LogP contribution in [0.1, 0.15) is 25.5 Å². The Labute approximate surface area is 158 Å². The third kappa shape index (κ3) is 2.26. The molecule has 0 amide bonds. The first-order valence-electron chi connectivity index (χ1n) is 8.70. The largest absolute Gasteiger partial charge is 0.369 e. The second-order valence-electron chi connectivity index (χ2n) is 7.00. The molecule has 4 heterocycles. The third-order valence-electron chi connectivity index (χ3n) is 5.31. The number of hydrogen-bond acceptors (Lipinski definition) is 5. The lowest BCUT2D eigenvalue weighted by Gasteiger charge is -2.22. The number of ether oxygens (including phenoxy) is 1. The van der Waals surface area contributed by atoms with Gasteiger partial charge in [0.25, 0.3) is 5.56 Å². The minimum Gasteiger partial charge on any atom is -0.369 e. The van der Waals surface area contributed by atoms with Crippen LogP contribution >= 0.6 is 11.6 Å². The van der Waals surface area contributed by atoms with Crippen LogP contribution in [0.25, 0.3) is 22.4 Å². The topological polar surface area (TPSA) is 79.2 Å². The van der Waals surface area contributed by atoms with Gasteiger partial charge in [-0.15, -0.1) is 5.10 Å². The fourth-order valence-corrected chi connectivity index (χ4v) is 4.04. The second-order valence-corrected chi connectivity index (χ2v) is 7.44. The van der Waals surface area contributed by atoms with Crippen LogP contribution in [0.2, 0.25) is 5.02 Å². The van der Waals surface area contributed by atoms with Gasteiger partial charge in [0.1, 0.15) is 11.9 Å². The SMILES string of the molecule is Cn1c(=O)c2cc(Cl)ccc2n2cnc(-n3nncc3C3(C)CCCO3)c12. The molecule has 5 rings (SSSR count). The Morgan fingerprint density at radius 2 is 2.19 bits per heavy atom. The number of halogens is 1. The summed E-state index contributed by atoms with van der Waals surface area (Å²) < 4.78 is 11.0. The van der Waals surface area contributed by atoms with Gasteiger partial charge in [0.05, 0.1) is 22.8 Å². The van der Waals surface area contributed by atoms with Gasteiger partial charge in [-0.3, -0.25) is 13.8 Å². The molecule has 1 fully saturated rings. The lowest BCUT2D eigenvalue weighted by molar-refractivity contribution is 0.0112. The second kappa shape index (κ2) is 5.64. The Hall–Kier alpha value is -2.71. The molecule has 1 aliphatic heterocycles. The molecule has 0 saturated carbocycles. The first-order chi connectivity index (χ1) is 13.0. The maximum Gasteiger partial charge on any atom is 0.261 e. The van der Waals surface area contributed by atoms with Crippen LogP contribution in [0.4, 0.5) is 0 Å². The molecular weight excluding hydrogens is 368 g/mol. The minimum absolute atomic E-state index is 0.147. The van der Waals surface area contributed by atoms with Gasteiger partial charge in [-0.25, -0.2) is 4.98 Å². The summed E-state index contributed by atoms with van der Waals surface area (Å²) in [5.74, 6) is 0.538. The predicted molar refractivity (Wildman–Crippen MR) is 100 cm³/mol. The highest BCUT2D eigenvalue weighted by Crippen LogP contribution is 2.36. The number of benzene rings is 1. The monoisotopic (exact) mass is 384 g/mol. The van der Waals surface area contributed by atoms with Gasteiger partial charge in [-0.2, -0.15) is 4.68 Å². The number of imidazole rings is 1. The Bertz CT molecular complexity index is 1250. The van der Waals surface area contributed by atoms with E-state index in [1.165, 1.54) is 0 Å². The van der Waals surface area contributed by atoms with Crippen molar-refractivity contribution in [2.24, 2.45) is 7.05 Å². The number of rotatable bonds is 2. The number of hydrogen-bond donors (Lipinski definition) is 0. The Morgan fingerprint density at radius 3 is 2.96 bits per heavy atom. The summed E-state index contributed by atoms with van der Waals surface area (Å²) in [6.07, 6.45) is 5.25. The fraction of sp³-hybridized carbons (Fsp3) is 0.333. The maximum atomic E-state index is 12.9. The van der Waals surface area contributed by atoms with E-state index in [0.717, 1.165) is 24.1 Å². The van der Waals surface area contributed by atoms with Crippen LogP contribution < -0.4 is 5.56 Å². The van der Waals surface area contributed by atoms with Gasteiger partial charge in [-0.05, 0) is 38.0 Å². The van der Waals surface area contributed by atoms with E-state index in [2.05, 4.69) is 15.3 Å². The fourth-order valence-electron chi connectivity index (χ4n) is 3.87. The van der Waals surface area contributed by atoms with Gasteiger partial charge in [0, 0.05) is 18.7 Å². The lowest BCUT2D eigenvalue weighted by Crippen LogP contribution is -2.25. The average molecular weight is 385 g/mol. The molecular formula is C18H17ClN6O2. The smallest absolute Gasteiger partial charge is 0.261 e. The predicted octanol–water partition coefficient (Wildman–Crippen LogP) is 2.45. The number of aromatic nitrogens is 6. The van der Waals surface area contributed by atoms with Crippen molar-refractivity contribution in [2.75, 3.05) is 6.61 Å². The van der Waals surface area contributed by atoms with Crippen LogP contribution in [0.5, 0.6) is 0 Å². The van der Waals surface area contributed by atoms with Crippen molar-refractivity contribution in [3.63, 3.8) is 0 Å². The van der Waals surface area contributed by atoms with Crippen molar-refractivity contribution in [3.05, 3.63) is 51.8 Å². The Balaban J connectivity index is 1.83. The normalized spacial score (nSPS) is 20.1. The highest BCUT2D eigenvalue weighted by atomic mass is 35.5. The van der Waals surface area contributed by atoms with Gasteiger partial charge >= 0.3 is 0 Å². The molecule has 1 aromatic carbocycles. The Kier molecular flexibility index (Phi) is 3.44. The van der Waals surface area contributed by atoms with E-state index >= 15 is 0 Å². The van der Waals surface area contributed by atoms with Gasteiger partial charge in [-0.1, -0.05) is 16.8 Å². The number of fused-ring (bicyclic) bond motifs is 3. The van der Waals surface area contributed by atoms with Gasteiger partial charge in [0.2, 0.25) is 0 Å².